The Balaban J connectivity index is 1.70. The Morgan fingerprint density at radius 2 is 1.78 bits per heavy atom. The van der Waals surface area contributed by atoms with Crippen molar-refractivity contribution in [2.45, 2.75) is 46.6 Å². The van der Waals surface area contributed by atoms with E-state index < -0.39 is 0 Å². The van der Waals surface area contributed by atoms with E-state index in [0.717, 1.165) is 41.5 Å². The molecule has 8 nitrogen and oxygen atoms in total. The summed E-state index contributed by atoms with van der Waals surface area (Å²) in [6.07, 6.45) is 3.06. The van der Waals surface area contributed by atoms with Gasteiger partial charge in [-0.25, -0.2) is 0 Å². The van der Waals surface area contributed by atoms with Crippen LogP contribution in [0.1, 0.15) is 45.6 Å². The minimum atomic E-state index is -0.211. The summed E-state index contributed by atoms with van der Waals surface area (Å²) in [6, 6.07) is 16.1. The van der Waals surface area contributed by atoms with Crippen molar-refractivity contribution in [3.8, 4) is 22.5 Å². The van der Waals surface area contributed by atoms with Crippen LogP contribution < -0.4 is 5.32 Å². The molecule has 0 radical (unpaired) electrons. The highest BCUT2D eigenvalue weighted by Gasteiger charge is 2.22. The number of carbonyl (C=O) groups excluding carboxylic acids is 2. The van der Waals surface area contributed by atoms with Crippen molar-refractivity contribution >= 4 is 24.4 Å². The Morgan fingerprint density at radius 1 is 1.06 bits per heavy atom. The highest BCUT2D eigenvalue weighted by Crippen LogP contribution is 2.29. The largest absolute Gasteiger partial charge is 0.347 e. The maximum atomic E-state index is 13.1. The van der Waals surface area contributed by atoms with E-state index in [-0.39, 0.29) is 30.2 Å². The number of carbonyl (C=O) groups is 2. The number of benzene rings is 2. The number of hydrogen-bond acceptors (Lipinski definition) is 6. The first-order valence-electron chi connectivity index (χ1n) is 12.5. The molecule has 0 aliphatic rings. The van der Waals surface area contributed by atoms with Gasteiger partial charge in [0.2, 0.25) is 17.6 Å². The van der Waals surface area contributed by atoms with Crippen molar-refractivity contribution < 1.29 is 9.59 Å². The molecule has 1 aromatic heterocycles. The first kappa shape index (κ1) is 27.4. The smallest absolute Gasteiger partial charge is 0.242 e. The van der Waals surface area contributed by atoms with Gasteiger partial charge in [-0.1, -0.05) is 82.1 Å². The molecule has 0 aliphatic heterocycles. The van der Waals surface area contributed by atoms with Crippen LogP contribution in [-0.4, -0.2) is 56.2 Å². The summed E-state index contributed by atoms with van der Waals surface area (Å²) in [5, 5.41) is 17.2. The average molecular weight is 509 g/mol. The van der Waals surface area contributed by atoms with Crippen LogP contribution in [0.15, 0.2) is 48.5 Å². The Labute approximate surface area is 218 Å². The second kappa shape index (κ2) is 13.8. The van der Waals surface area contributed by atoms with Gasteiger partial charge in [0.25, 0.3) is 0 Å². The van der Waals surface area contributed by atoms with Crippen molar-refractivity contribution in [2.75, 3.05) is 18.8 Å². The minimum Gasteiger partial charge on any atom is -0.347 e. The SMILES string of the molecule is CCCCCN(Cc1ccc(-c2ccccc2-c2nn[nH]n2)cc1)C(=O)CNC(=O)C(CS)C(C)C. The van der Waals surface area contributed by atoms with E-state index in [1.54, 1.807) is 0 Å². The molecule has 0 aliphatic carbocycles. The normalized spacial score (nSPS) is 11.9. The van der Waals surface area contributed by atoms with E-state index in [9.17, 15) is 9.59 Å². The molecule has 0 bridgehead atoms. The van der Waals surface area contributed by atoms with Gasteiger partial charge in [-0.05, 0) is 34.2 Å². The van der Waals surface area contributed by atoms with E-state index in [1.165, 1.54) is 0 Å². The van der Waals surface area contributed by atoms with Crippen molar-refractivity contribution in [2.24, 2.45) is 11.8 Å². The highest BCUT2D eigenvalue weighted by atomic mass is 32.1. The fraction of sp³-hybridized carbons (Fsp3) is 0.444. The maximum Gasteiger partial charge on any atom is 0.242 e. The third kappa shape index (κ3) is 7.40. The Morgan fingerprint density at radius 3 is 2.39 bits per heavy atom. The Hall–Kier alpha value is -3.20. The van der Waals surface area contributed by atoms with Crippen LogP contribution >= 0.6 is 12.6 Å². The van der Waals surface area contributed by atoms with E-state index >= 15 is 0 Å². The lowest BCUT2D eigenvalue weighted by Gasteiger charge is -2.24. The molecular weight excluding hydrogens is 472 g/mol. The first-order valence-corrected chi connectivity index (χ1v) is 13.2. The molecule has 3 aromatic rings. The van der Waals surface area contributed by atoms with E-state index in [1.807, 2.05) is 67.3 Å². The second-order valence-electron chi connectivity index (χ2n) is 9.25. The van der Waals surface area contributed by atoms with Crippen LogP contribution in [0.3, 0.4) is 0 Å². The topological polar surface area (TPSA) is 104 Å². The standard InChI is InChI=1S/C27H36N6O2S/c1-4-5-8-15-33(25(34)16-28-27(35)24(18-36)19(2)3)17-20-11-13-21(14-12-20)22-9-6-7-10-23(22)26-29-31-32-30-26/h6-7,9-14,19,24,36H,4-5,8,15-18H2,1-3H3,(H,28,35)(H,29,30,31,32). The number of aromatic amines is 1. The van der Waals surface area contributed by atoms with Gasteiger partial charge in [0.1, 0.15) is 0 Å². The summed E-state index contributed by atoms with van der Waals surface area (Å²) < 4.78 is 0. The van der Waals surface area contributed by atoms with Crippen molar-refractivity contribution in [3.05, 3.63) is 54.1 Å². The van der Waals surface area contributed by atoms with Crippen LogP contribution in [0.4, 0.5) is 0 Å². The first-order chi connectivity index (χ1) is 17.4. The van der Waals surface area contributed by atoms with Gasteiger partial charge in [0, 0.05) is 30.3 Å². The monoisotopic (exact) mass is 508 g/mol. The number of tetrazole rings is 1. The third-order valence-corrected chi connectivity index (χ3v) is 6.68. The van der Waals surface area contributed by atoms with Crippen LogP contribution in [0.2, 0.25) is 0 Å². The Kier molecular flexibility index (Phi) is 10.5. The summed E-state index contributed by atoms with van der Waals surface area (Å²) in [5.74, 6) is 0.765. The predicted octanol–water partition coefficient (Wildman–Crippen LogP) is 4.37. The number of rotatable bonds is 13. The van der Waals surface area contributed by atoms with Crippen molar-refractivity contribution in [1.29, 1.82) is 0 Å². The molecule has 9 heteroatoms. The lowest BCUT2D eigenvalue weighted by Crippen LogP contribution is -2.43. The lowest BCUT2D eigenvalue weighted by atomic mass is 9.97. The van der Waals surface area contributed by atoms with Crippen LogP contribution in [0.25, 0.3) is 22.5 Å². The lowest BCUT2D eigenvalue weighted by molar-refractivity contribution is -0.134. The number of thiol groups is 1. The van der Waals surface area contributed by atoms with Gasteiger partial charge in [-0.3, -0.25) is 9.59 Å². The van der Waals surface area contributed by atoms with Gasteiger partial charge in [0.05, 0.1) is 6.54 Å². The zero-order valence-corrected chi connectivity index (χ0v) is 22.2. The van der Waals surface area contributed by atoms with Crippen LogP contribution in [0, 0.1) is 11.8 Å². The molecule has 0 saturated carbocycles. The highest BCUT2D eigenvalue weighted by molar-refractivity contribution is 7.80. The minimum absolute atomic E-state index is 0.00187. The van der Waals surface area contributed by atoms with Crippen molar-refractivity contribution in [1.82, 2.24) is 30.8 Å². The molecule has 36 heavy (non-hydrogen) atoms. The van der Waals surface area contributed by atoms with E-state index in [2.05, 4.69) is 45.5 Å². The number of hydrogen-bond donors (Lipinski definition) is 3. The van der Waals surface area contributed by atoms with Gasteiger partial charge in [-0.2, -0.15) is 17.8 Å². The van der Waals surface area contributed by atoms with E-state index in [4.69, 9.17) is 0 Å². The van der Waals surface area contributed by atoms with Crippen LogP contribution in [0.5, 0.6) is 0 Å². The molecule has 2 aromatic carbocycles. The number of nitrogens with one attached hydrogen (secondary N) is 2. The molecule has 0 spiro atoms. The summed E-state index contributed by atoms with van der Waals surface area (Å²) in [5.41, 5.74) is 3.96. The molecule has 0 fully saturated rings. The molecule has 1 atom stereocenters. The summed E-state index contributed by atoms with van der Waals surface area (Å²) >= 11 is 4.29. The zero-order valence-electron chi connectivity index (χ0n) is 21.3. The number of unbranched alkanes of at least 4 members (excludes halogenated alkanes) is 2. The number of amides is 2. The number of aromatic nitrogens is 4. The van der Waals surface area contributed by atoms with Gasteiger partial charge < -0.3 is 10.2 Å². The van der Waals surface area contributed by atoms with Crippen molar-refractivity contribution in [3.63, 3.8) is 0 Å². The quantitative estimate of drug-likeness (QED) is 0.235. The molecule has 2 N–H and O–H groups in total. The Bertz CT molecular complexity index is 1100. The third-order valence-electron chi connectivity index (χ3n) is 6.29. The second-order valence-corrected chi connectivity index (χ2v) is 9.62. The molecule has 192 valence electrons. The molecular formula is C27H36N6O2S. The summed E-state index contributed by atoms with van der Waals surface area (Å²) in [7, 11) is 0. The summed E-state index contributed by atoms with van der Waals surface area (Å²) in [6.45, 7) is 7.27. The number of H-pyrrole nitrogens is 1. The molecule has 2 amide bonds. The summed E-state index contributed by atoms with van der Waals surface area (Å²) in [4.78, 5) is 27.4. The zero-order chi connectivity index (χ0) is 25.9. The van der Waals surface area contributed by atoms with Gasteiger partial charge in [-0.15, -0.1) is 10.2 Å². The molecule has 1 heterocycles. The van der Waals surface area contributed by atoms with Gasteiger partial charge in [0.15, 0.2) is 0 Å². The predicted molar refractivity (Wildman–Crippen MR) is 145 cm³/mol. The molecule has 1 unspecified atom stereocenters. The fourth-order valence-corrected chi connectivity index (χ4v) is 4.65. The average Bonchev–Trinajstić information content (AvgIpc) is 3.42. The van der Waals surface area contributed by atoms with Crippen LogP contribution in [-0.2, 0) is 16.1 Å². The molecule has 0 saturated heterocycles. The number of nitrogens with zero attached hydrogens (tertiary/aromatic N) is 4. The maximum absolute atomic E-state index is 13.1. The fourth-order valence-electron chi connectivity index (χ4n) is 4.06. The molecule has 3 rings (SSSR count). The van der Waals surface area contributed by atoms with Gasteiger partial charge >= 0.3 is 0 Å². The van der Waals surface area contributed by atoms with E-state index in [0.29, 0.717) is 24.7 Å².